The van der Waals surface area contributed by atoms with E-state index in [-0.39, 0.29) is 11.8 Å². The van der Waals surface area contributed by atoms with Gasteiger partial charge in [0.1, 0.15) is 0 Å². The molecule has 2 aliphatic heterocycles. The molecule has 2 fully saturated rings. The van der Waals surface area contributed by atoms with E-state index in [1.807, 2.05) is 11.0 Å². The molecule has 0 radical (unpaired) electrons. The van der Waals surface area contributed by atoms with Gasteiger partial charge in [-0.1, -0.05) is 47.5 Å². The van der Waals surface area contributed by atoms with Gasteiger partial charge in [0, 0.05) is 55.6 Å². The van der Waals surface area contributed by atoms with E-state index in [4.69, 9.17) is 23.2 Å². The zero-order chi connectivity index (χ0) is 22.9. The Hall–Kier alpha value is -2.27. The number of hydrogen-bond acceptors (Lipinski definition) is 3. The predicted molar refractivity (Wildman–Crippen MR) is 138 cm³/mol. The second-order valence-corrected chi connectivity index (χ2v) is 10.0. The fourth-order valence-corrected chi connectivity index (χ4v) is 5.45. The third kappa shape index (κ3) is 4.57. The van der Waals surface area contributed by atoms with E-state index in [1.165, 1.54) is 11.3 Å². The largest absolute Gasteiger partial charge is 0.368 e. The zero-order valence-corrected chi connectivity index (χ0v) is 20.4. The van der Waals surface area contributed by atoms with Crippen LogP contribution in [0.25, 0.3) is 6.08 Å². The van der Waals surface area contributed by atoms with Crippen molar-refractivity contribution in [1.29, 1.82) is 0 Å². The second kappa shape index (κ2) is 9.54. The highest BCUT2D eigenvalue weighted by atomic mass is 35.5. The molecule has 2 saturated heterocycles. The summed E-state index contributed by atoms with van der Waals surface area (Å²) in [6, 6.07) is 13.9. The fourth-order valence-electron chi connectivity index (χ4n) is 5.16. The number of fused-ring (bicyclic) bond motifs is 1. The summed E-state index contributed by atoms with van der Waals surface area (Å²) in [5.41, 5.74) is 5.32. The lowest BCUT2D eigenvalue weighted by atomic mass is 9.78. The molecule has 1 aliphatic carbocycles. The molecule has 1 unspecified atom stereocenters. The van der Waals surface area contributed by atoms with Gasteiger partial charge in [-0.05, 0) is 67.8 Å². The summed E-state index contributed by atoms with van der Waals surface area (Å²) in [5, 5.41) is 0.962. The smallest absolute Gasteiger partial charge is 0.255 e. The van der Waals surface area contributed by atoms with E-state index in [1.54, 1.807) is 12.1 Å². The Bertz CT molecular complexity index is 1120. The van der Waals surface area contributed by atoms with E-state index >= 15 is 0 Å². The lowest BCUT2D eigenvalue weighted by Crippen LogP contribution is -2.45. The molecule has 2 aromatic rings. The van der Waals surface area contributed by atoms with Gasteiger partial charge >= 0.3 is 0 Å². The fraction of sp³-hybridized carbons (Fsp3) is 0.370. The lowest BCUT2D eigenvalue weighted by Gasteiger charge is -2.38. The van der Waals surface area contributed by atoms with Crippen LogP contribution in [0.1, 0.15) is 24.8 Å². The van der Waals surface area contributed by atoms with Crippen molar-refractivity contribution >= 4 is 46.6 Å². The van der Waals surface area contributed by atoms with Crippen LogP contribution in [-0.4, -0.2) is 50.6 Å². The van der Waals surface area contributed by atoms with Crippen LogP contribution in [-0.2, 0) is 4.79 Å². The van der Waals surface area contributed by atoms with E-state index in [0.29, 0.717) is 16.6 Å². The Morgan fingerprint density at radius 1 is 1.00 bits per heavy atom. The number of likely N-dealkylation sites (N-methyl/N-ethyl adjacent to an activating group) is 1. The Labute approximate surface area is 206 Å². The molecule has 0 saturated carbocycles. The Balaban J connectivity index is 1.54. The van der Waals surface area contributed by atoms with Gasteiger partial charge in [-0.25, -0.2) is 0 Å². The van der Waals surface area contributed by atoms with Gasteiger partial charge in [0.2, 0.25) is 0 Å². The van der Waals surface area contributed by atoms with Crippen molar-refractivity contribution in [2.75, 3.05) is 49.6 Å². The van der Waals surface area contributed by atoms with Crippen molar-refractivity contribution < 1.29 is 4.79 Å². The molecule has 0 bridgehead atoms. The van der Waals surface area contributed by atoms with Crippen molar-refractivity contribution in [1.82, 2.24) is 4.90 Å². The minimum absolute atomic E-state index is 0.0608. The number of allylic oxidation sites excluding steroid dienone is 1. The summed E-state index contributed by atoms with van der Waals surface area (Å²) in [4.78, 5) is 20.5. The summed E-state index contributed by atoms with van der Waals surface area (Å²) >= 11 is 12.4. The van der Waals surface area contributed by atoms with Crippen molar-refractivity contribution in [3.05, 3.63) is 75.3 Å². The number of piperazine rings is 1. The van der Waals surface area contributed by atoms with E-state index in [2.05, 4.69) is 53.3 Å². The van der Waals surface area contributed by atoms with Crippen LogP contribution >= 0.6 is 23.2 Å². The number of rotatable bonds is 3. The maximum Gasteiger partial charge on any atom is 0.255 e. The number of halogens is 2. The SMILES string of the molecule is CN1CCN(c2ccccc2C=C2C(=O)N(c3ccc(Cl)c(Cl)c3)CC3=CCCCC32)CC1. The van der Waals surface area contributed by atoms with Crippen LogP contribution in [0.15, 0.2) is 59.7 Å². The Morgan fingerprint density at radius 3 is 2.58 bits per heavy atom. The van der Waals surface area contributed by atoms with Crippen LogP contribution in [0, 0.1) is 5.92 Å². The quantitative estimate of drug-likeness (QED) is 0.403. The van der Waals surface area contributed by atoms with E-state index < -0.39 is 0 Å². The van der Waals surface area contributed by atoms with Crippen LogP contribution in [0.5, 0.6) is 0 Å². The molecule has 33 heavy (non-hydrogen) atoms. The monoisotopic (exact) mass is 481 g/mol. The molecule has 0 N–H and O–H groups in total. The van der Waals surface area contributed by atoms with E-state index in [0.717, 1.165) is 62.3 Å². The molecule has 5 rings (SSSR count). The summed E-state index contributed by atoms with van der Waals surface area (Å²) in [6.07, 6.45) is 7.68. The summed E-state index contributed by atoms with van der Waals surface area (Å²) in [6.45, 7) is 4.69. The first-order chi connectivity index (χ1) is 16.0. The first kappa shape index (κ1) is 22.5. The first-order valence-electron chi connectivity index (χ1n) is 11.7. The third-order valence-electron chi connectivity index (χ3n) is 7.07. The minimum atomic E-state index is 0.0608. The minimum Gasteiger partial charge on any atom is -0.368 e. The molecule has 2 heterocycles. The van der Waals surface area contributed by atoms with Gasteiger partial charge in [-0.3, -0.25) is 4.79 Å². The maximum atomic E-state index is 13.8. The average molecular weight is 482 g/mol. The number of nitrogens with zero attached hydrogens (tertiary/aromatic N) is 3. The number of para-hydroxylation sites is 1. The first-order valence-corrected chi connectivity index (χ1v) is 12.5. The lowest BCUT2D eigenvalue weighted by molar-refractivity contribution is -0.116. The zero-order valence-electron chi connectivity index (χ0n) is 18.9. The molecule has 172 valence electrons. The van der Waals surface area contributed by atoms with Gasteiger partial charge in [0.15, 0.2) is 0 Å². The molecule has 4 nitrogen and oxygen atoms in total. The molecule has 2 aromatic carbocycles. The third-order valence-corrected chi connectivity index (χ3v) is 7.80. The predicted octanol–water partition coefficient (Wildman–Crippen LogP) is 5.90. The molecular weight excluding hydrogens is 453 g/mol. The Morgan fingerprint density at radius 2 is 1.79 bits per heavy atom. The number of carbonyl (C=O) groups excluding carboxylic acids is 1. The van der Waals surface area contributed by atoms with Gasteiger partial charge in [-0.2, -0.15) is 0 Å². The van der Waals surface area contributed by atoms with Gasteiger partial charge in [-0.15, -0.1) is 0 Å². The van der Waals surface area contributed by atoms with Crippen molar-refractivity contribution in [3.8, 4) is 0 Å². The summed E-state index contributed by atoms with van der Waals surface area (Å²) < 4.78 is 0. The molecule has 0 aromatic heterocycles. The van der Waals surface area contributed by atoms with Gasteiger partial charge in [0.25, 0.3) is 5.91 Å². The molecule has 1 amide bonds. The highest BCUT2D eigenvalue weighted by Crippen LogP contribution is 2.40. The highest BCUT2D eigenvalue weighted by molar-refractivity contribution is 6.42. The molecule has 1 atom stereocenters. The number of carbonyl (C=O) groups is 1. The number of hydrogen-bond donors (Lipinski definition) is 0. The normalized spacial score (nSPS) is 23.0. The molecule has 0 spiro atoms. The maximum absolute atomic E-state index is 13.8. The Kier molecular flexibility index (Phi) is 6.51. The summed E-state index contributed by atoms with van der Waals surface area (Å²) in [5.74, 6) is 0.247. The highest BCUT2D eigenvalue weighted by Gasteiger charge is 2.36. The van der Waals surface area contributed by atoms with Crippen molar-refractivity contribution in [2.24, 2.45) is 5.92 Å². The topological polar surface area (TPSA) is 26.8 Å². The number of benzene rings is 2. The van der Waals surface area contributed by atoms with Crippen LogP contribution in [0.2, 0.25) is 10.0 Å². The van der Waals surface area contributed by atoms with Crippen LogP contribution < -0.4 is 9.80 Å². The van der Waals surface area contributed by atoms with Crippen LogP contribution in [0.3, 0.4) is 0 Å². The molecular formula is C27H29Cl2N3O. The number of piperidine rings is 1. The number of amides is 1. The second-order valence-electron chi connectivity index (χ2n) is 9.20. The molecule has 3 aliphatic rings. The van der Waals surface area contributed by atoms with Crippen molar-refractivity contribution in [3.63, 3.8) is 0 Å². The molecule has 6 heteroatoms. The van der Waals surface area contributed by atoms with Gasteiger partial charge in [0.05, 0.1) is 10.0 Å². The summed E-state index contributed by atoms with van der Waals surface area (Å²) in [7, 11) is 2.17. The van der Waals surface area contributed by atoms with Crippen LogP contribution in [0.4, 0.5) is 11.4 Å². The standard InChI is InChI=1S/C27H29Cl2N3O/c1-30-12-14-31(15-13-30)26-9-5-3-6-19(26)16-23-22-8-4-2-7-20(22)18-32(27(23)33)21-10-11-24(28)25(29)17-21/h3,5-7,9-11,16-17,22H,2,4,8,12-15,18H2,1H3. The van der Waals surface area contributed by atoms with Gasteiger partial charge < -0.3 is 14.7 Å². The van der Waals surface area contributed by atoms with Crippen molar-refractivity contribution in [2.45, 2.75) is 19.3 Å². The number of anilines is 2. The average Bonchev–Trinajstić information content (AvgIpc) is 2.83. The van der Waals surface area contributed by atoms with E-state index in [9.17, 15) is 4.79 Å².